The first-order valence-electron chi connectivity index (χ1n) is 9.26. The number of benzene rings is 1. The monoisotopic (exact) mass is 341 g/mol. The molecule has 4 rings (SSSR count). The lowest BCUT2D eigenvalue weighted by molar-refractivity contribution is 0.0931. The molecule has 4 heteroatoms. The third-order valence-corrected chi connectivity index (χ3v) is 6.42. The average Bonchev–Trinajstić information content (AvgIpc) is 3.28. The summed E-state index contributed by atoms with van der Waals surface area (Å²) in [6.45, 7) is 7.98. The van der Waals surface area contributed by atoms with Gasteiger partial charge in [0.1, 0.15) is 5.01 Å². The van der Waals surface area contributed by atoms with Crippen molar-refractivity contribution < 1.29 is 0 Å². The van der Waals surface area contributed by atoms with Crippen LogP contribution in [-0.4, -0.2) is 47.0 Å². The van der Waals surface area contributed by atoms with Crippen molar-refractivity contribution in [3.05, 3.63) is 40.9 Å². The van der Waals surface area contributed by atoms with Gasteiger partial charge in [-0.3, -0.25) is 9.80 Å². The topological polar surface area (TPSA) is 19.4 Å². The summed E-state index contributed by atoms with van der Waals surface area (Å²) in [6, 6.07) is 9.56. The van der Waals surface area contributed by atoms with Crippen LogP contribution < -0.4 is 0 Å². The van der Waals surface area contributed by atoms with Gasteiger partial charge in [0.05, 0.1) is 5.69 Å². The second-order valence-corrected chi connectivity index (χ2v) is 8.12. The fourth-order valence-electron chi connectivity index (χ4n) is 3.99. The summed E-state index contributed by atoms with van der Waals surface area (Å²) >= 11 is 1.77. The van der Waals surface area contributed by atoms with Gasteiger partial charge in [-0.25, -0.2) is 4.98 Å². The lowest BCUT2D eigenvalue weighted by atomic mass is 10.1. The Morgan fingerprint density at radius 1 is 1.04 bits per heavy atom. The fourth-order valence-corrected chi connectivity index (χ4v) is 4.81. The summed E-state index contributed by atoms with van der Waals surface area (Å²) in [4.78, 5) is 10.2. The summed E-state index contributed by atoms with van der Waals surface area (Å²) in [5, 5.41) is 3.38. The number of hydrogen-bond donors (Lipinski definition) is 0. The van der Waals surface area contributed by atoms with Gasteiger partial charge >= 0.3 is 0 Å². The van der Waals surface area contributed by atoms with E-state index in [2.05, 4.69) is 46.4 Å². The van der Waals surface area contributed by atoms with Gasteiger partial charge in [0, 0.05) is 49.7 Å². The molecule has 2 aromatic rings. The van der Waals surface area contributed by atoms with Gasteiger partial charge in [0.15, 0.2) is 0 Å². The molecular weight excluding hydrogens is 314 g/mol. The summed E-state index contributed by atoms with van der Waals surface area (Å²) in [6.07, 6.45) is 5.72. The van der Waals surface area contributed by atoms with E-state index in [-0.39, 0.29) is 0 Å². The Morgan fingerprint density at radius 2 is 1.75 bits per heavy atom. The third-order valence-electron chi connectivity index (χ3n) is 5.48. The van der Waals surface area contributed by atoms with Crippen molar-refractivity contribution in [2.45, 2.75) is 45.2 Å². The maximum absolute atomic E-state index is 4.86. The zero-order valence-electron chi connectivity index (χ0n) is 14.6. The molecule has 0 radical (unpaired) electrons. The Bertz CT molecular complexity index is 650. The molecule has 2 fully saturated rings. The van der Waals surface area contributed by atoms with Crippen molar-refractivity contribution in [3.63, 3.8) is 0 Å². The van der Waals surface area contributed by atoms with Gasteiger partial charge in [-0.2, -0.15) is 0 Å². The summed E-state index contributed by atoms with van der Waals surface area (Å²) < 4.78 is 0. The van der Waals surface area contributed by atoms with Crippen molar-refractivity contribution in [2.75, 3.05) is 26.2 Å². The Balaban J connectivity index is 1.32. The predicted octanol–water partition coefficient (Wildman–Crippen LogP) is 4.18. The third kappa shape index (κ3) is 3.71. The number of aromatic nitrogens is 1. The van der Waals surface area contributed by atoms with E-state index in [0.717, 1.165) is 17.6 Å². The van der Waals surface area contributed by atoms with E-state index in [0.29, 0.717) is 0 Å². The highest BCUT2D eigenvalue weighted by Crippen LogP contribution is 2.26. The molecule has 1 aliphatic carbocycles. The molecule has 0 N–H and O–H groups in total. The summed E-state index contributed by atoms with van der Waals surface area (Å²) in [5.74, 6) is 0. The largest absolute Gasteiger partial charge is 0.298 e. The fraction of sp³-hybridized carbons (Fsp3) is 0.550. The minimum atomic E-state index is 0.875. The molecule has 128 valence electrons. The molecular formula is C20H27N3S. The first kappa shape index (κ1) is 16.2. The molecule has 2 aliphatic rings. The zero-order valence-corrected chi connectivity index (χ0v) is 15.4. The van der Waals surface area contributed by atoms with Gasteiger partial charge in [-0.15, -0.1) is 11.3 Å². The van der Waals surface area contributed by atoms with Crippen molar-refractivity contribution in [1.29, 1.82) is 0 Å². The Morgan fingerprint density at radius 3 is 2.46 bits per heavy atom. The Hall–Kier alpha value is -1.23. The van der Waals surface area contributed by atoms with Crippen LogP contribution in [-0.2, 0) is 6.54 Å². The standard InChI is InChI=1S/C20H27N3S/c1-16-6-8-17(9-7-16)20-21-18(15-24-20)14-22-10-12-23(13-11-22)19-4-2-3-5-19/h6-9,15,19H,2-5,10-14H2,1H3. The minimum Gasteiger partial charge on any atom is -0.298 e. The molecule has 0 atom stereocenters. The van der Waals surface area contributed by atoms with Gasteiger partial charge < -0.3 is 0 Å². The molecule has 0 bridgehead atoms. The molecule has 2 heterocycles. The summed E-state index contributed by atoms with van der Waals surface area (Å²) in [5.41, 5.74) is 3.77. The molecule has 1 saturated heterocycles. The van der Waals surface area contributed by atoms with E-state index in [1.807, 2.05) is 0 Å². The van der Waals surface area contributed by atoms with Gasteiger partial charge in [-0.1, -0.05) is 42.7 Å². The first-order valence-corrected chi connectivity index (χ1v) is 10.1. The Labute approximate surface area is 149 Å². The van der Waals surface area contributed by atoms with E-state index in [4.69, 9.17) is 4.98 Å². The van der Waals surface area contributed by atoms with E-state index >= 15 is 0 Å². The van der Waals surface area contributed by atoms with Crippen molar-refractivity contribution in [3.8, 4) is 10.6 Å². The van der Waals surface area contributed by atoms with Crippen LogP contribution in [0.1, 0.15) is 36.9 Å². The van der Waals surface area contributed by atoms with Crippen molar-refractivity contribution in [2.24, 2.45) is 0 Å². The quantitative estimate of drug-likeness (QED) is 0.832. The second-order valence-electron chi connectivity index (χ2n) is 7.26. The molecule has 24 heavy (non-hydrogen) atoms. The first-order chi connectivity index (χ1) is 11.8. The highest BCUT2D eigenvalue weighted by molar-refractivity contribution is 7.13. The summed E-state index contributed by atoms with van der Waals surface area (Å²) in [7, 11) is 0. The highest BCUT2D eigenvalue weighted by atomic mass is 32.1. The normalized spacial score (nSPS) is 20.7. The van der Waals surface area contributed by atoms with Gasteiger partial charge in [-0.05, 0) is 19.8 Å². The maximum atomic E-state index is 4.86. The lowest BCUT2D eigenvalue weighted by Gasteiger charge is -2.37. The lowest BCUT2D eigenvalue weighted by Crippen LogP contribution is -2.49. The SMILES string of the molecule is Cc1ccc(-c2nc(CN3CCN(C4CCCC4)CC3)cs2)cc1. The van der Waals surface area contributed by atoms with E-state index in [9.17, 15) is 0 Å². The second kappa shape index (κ2) is 7.34. The molecule has 1 saturated carbocycles. The van der Waals surface area contributed by atoms with Crippen LogP contribution in [0.4, 0.5) is 0 Å². The van der Waals surface area contributed by atoms with E-state index in [1.54, 1.807) is 11.3 Å². The van der Waals surface area contributed by atoms with Crippen molar-refractivity contribution in [1.82, 2.24) is 14.8 Å². The van der Waals surface area contributed by atoms with Crippen LogP contribution in [0, 0.1) is 6.92 Å². The van der Waals surface area contributed by atoms with Gasteiger partial charge in [0.2, 0.25) is 0 Å². The zero-order chi connectivity index (χ0) is 16.4. The van der Waals surface area contributed by atoms with E-state index in [1.165, 1.54) is 68.7 Å². The molecule has 3 nitrogen and oxygen atoms in total. The van der Waals surface area contributed by atoms with Crippen LogP contribution in [0.15, 0.2) is 29.6 Å². The molecule has 0 unspecified atom stereocenters. The minimum absolute atomic E-state index is 0.875. The molecule has 0 spiro atoms. The smallest absolute Gasteiger partial charge is 0.123 e. The number of rotatable bonds is 4. The molecule has 0 amide bonds. The Kier molecular flexibility index (Phi) is 4.97. The molecule has 1 aromatic heterocycles. The molecule has 1 aliphatic heterocycles. The van der Waals surface area contributed by atoms with Gasteiger partial charge in [0.25, 0.3) is 0 Å². The maximum Gasteiger partial charge on any atom is 0.123 e. The van der Waals surface area contributed by atoms with Crippen LogP contribution in [0.5, 0.6) is 0 Å². The van der Waals surface area contributed by atoms with E-state index < -0.39 is 0 Å². The van der Waals surface area contributed by atoms with Crippen LogP contribution in [0.2, 0.25) is 0 Å². The number of piperazine rings is 1. The average molecular weight is 342 g/mol. The van der Waals surface area contributed by atoms with Crippen LogP contribution in [0.25, 0.3) is 10.6 Å². The molecule has 1 aromatic carbocycles. The predicted molar refractivity (Wildman–Crippen MR) is 101 cm³/mol. The van der Waals surface area contributed by atoms with Crippen molar-refractivity contribution >= 4 is 11.3 Å². The highest BCUT2D eigenvalue weighted by Gasteiger charge is 2.26. The number of nitrogens with zero attached hydrogens (tertiary/aromatic N) is 3. The van der Waals surface area contributed by atoms with Crippen LogP contribution >= 0.6 is 11.3 Å². The number of aryl methyl sites for hydroxylation is 1. The van der Waals surface area contributed by atoms with Crippen LogP contribution in [0.3, 0.4) is 0 Å². The number of thiazole rings is 1. The number of hydrogen-bond acceptors (Lipinski definition) is 4.